The van der Waals surface area contributed by atoms with E-state index in [1.807, 2.05) is 4.90 Å². The molecule has 1 aliphatic heterocycles. The highest BCUT2D eigenvalue weighted by atomic mass is 16.6. The minimum atomic E-state index is -0.475. The van der Waals surface area contributed by atoms with Crippen molar-refractivity contribution in [2.24, 2.45) is 0 Å². The lowest BCUT2D eigenvalue weighted by atomic mass is 10.1. The number of rotatable bonds is 6. The molecule has 0 unspecified atom stereocenters. The van der Waals surface area contributed by atoms with Crippen molar-refractivity contribution in [1.82, 2.24) is 9.88 Å². The maximum atomic E-state index is 12.5. The number of nitrogens with zero attached hydrogens (tertiary/aromatic N) is 4. The summed E-state index contributed by atoms with van der Waals surface area (Å²) in [4.78, 5) is 30.7. The van der Waals surface area contributed by atoms with Gasteiger partial charge in [-0.2, -0.15) is 0 Å². The van der Waals surface area contributed by atoms with Crippen molar-refractivity contribution in [3.8, 4) is 11.5 Å². The van der Waals surface area contributed by atoms with Crippen molar-refractivity contribution in [1.29, 1.82) is 0 Å². The normalized spacial score (nSPS) is 14.1. The Kier molecular flexibility index (Phi) is 6.28. The van der Waals surface area contributed by atoms with E-state index in [2.05, 4.69) is 4.98 Å². The summed E-state index contributed by atoms with van der Waals surface area (Å²) in [6.07, 6.45) is 4.49. The van der Waals surface area contributed by atoms with Crippen LogP contribution >= 0.6 is 0 Å². The Morgan fingerprint density at radius 1 is 1.14 bits per heavy atom. The average molecular weight is 398 g/mol. The largest absolute Gasteiger partial charge is 0.497 e. The molecule has 0 saturated carbocycles. The molecular formula is C20H22N4O5. The van der Waals surface area contributed by atoms with Crippen LogP contribution in [0.25, 0.3) is 6.08 Å². The second-order valence-corrected chi connectivity index (χ2v) is 6.39. The fourth-order valence-electron chi connectivity index (χ4n) is 3.07. The summed E-state index contributed by atoms with van der Waals surface area (Å²) >= 11 is 0. The molecule has 2 heterocycles. The van der Waals surface area contributed by atoms with E-state index in [4.69, 9.17) is 9.47 Å². The molecule has 3 rings (SSSR count). The number of hydrogen-bond donors (Lipinski definition) is 0. The number of carbonyl (C=O) groups excluding carboxylic acids is 1. The van der Waals surface area contributed by atoms with Crippen LogP contribution in [0.2, 0.25) is 0 Å². The van der Waals surface area contributed by atoms with E-state index in [1.165, 1.54) is 18.3 Å². The number of pyridine rings is 1. The van der Waals surface area contributed by atoms with Crippen LogP contribution in [0.5, 0.6) is 11.5 Å². The third-order valence-electron chi connectivity index (χ3n) is 4.70. The van der Waals surface area contributed by atoms with Gasteiger partial charge in [-0.3, -0.25) is 14.9 Å². The van der Waals surface area contributed by atoms with E-state index in [1.54, 1.807) is 49.5 Å². The maximum absolute atomic E-state index is 12.5. The van der Waals surface area contributed by atoms with Gasteiger partial charge in [0.2, 0.25) is 5.91 Å². The van der Waals surface area contributed by atoms with Crippen LogP contribution < -0.4 is 14.4 Å². The molecule has 152 valence electrons. The second kappa shape index (κ2) is 9.05. The van der Waals surface area contributed by atoms with E-state index < -0.39 is 4.92 Å². The molecule has 9 nitrogen and oxygen atoms in total. The molecule has 2 aromatic rings. The molecule has 1 saturated heterocycles. The highest BCUT2D eigenvalue weighted by Gasteiger charge is 2.21. The summed E-state index contributed by atoms with van der Waals surface area (Å²) in [5.74, 6) is 1.91. The van der Waals surface area contributed by atoms with Gasteiger partial charge in [0.1, 0.15) is 23.5 Å². The van der Waals surface area contributed by atoms with Gasteiger partial charge >= 0.3 is 0 Å². The van der Waals surface area contributed by atoms with E-state index in [0.29, 0.717) is 43.5 Å². The number of nitro groups is 1. The molecule has 1 amide bonds. The number of amides is 1. The molecule has 9 heteroatoms. The minimum absolute atomic E-state index is 0.0410. The number of anilines is 1. The topological polar surface area (TPSA) is 98.0 Å². The smallest absolute Gasteiger partial charge is 0.287 e. The van der Waals surface area contributed by atoms with Gasteiger partial charge in [0.15, 0.2) is 0 Å². The summed E-state index contributed by atoms with van der Waals surface area (Å²) in [6, 6.07) is 8.46. The zero-order valence-corrected chi connectivity index (χ0v) is 16.3. The lowest BCUT2D eigenvalue weighted by molar-refractivity contribution is -0.385. The van der Waals surface area contributed by atoms with Gasteiger partial charge in [-0.15, -0.1) is 0 Å². The summed E-state index contributed by atoms with van der Waals surface area (Å²) < 4.78 is 10.5. The Hall–Kier alpha value is -3.62. The van der Waals surface area contributed by atoms with E-state index in [-0.39, 0.29) is 11.6 Å². The first-order valence-electron chi connectivity index (χ1n) is 9.06. The van der Waals surface area contributed by atoms with Crippen LogP contribution in [0.3, 0.4) is 0 Å². The predicted molar refractivity (Wildman–Crippen MR) is 108 cm³/mol. The molecule has 0 bridgehead atoms. The third kappa shape index (κ3) is 4.81. The lowest BCUT2D eigenvalue weighted by Gasteiger charge is -2.34. The van der Waals surface area contributed by atoms with Crippen molar-refractivity contribution in [2.75, 3.05) is 45.3 Å². The van der Waals surface area contributed by atoms with Crippen molar-refractivity contribution < 1.29 is 19.2 Å². The number of carbonyl (C=O) groups is 1. The molecule has 1 aromatic carbocycles. The number of benzene rings is 1. The van der Waals surface area contributed by atoms with Crippen LogP contribution in [0.4, 0.5) is 11.5 Å². The number of aromatic nitrogens is 1. The molecule has 1 fully saturated rings. The van der Waals surface area contributed by atoms with Crippen LogP contribution in [0.15, 0.2) is 42.6 Å². The van der Waals surface area contributed by atoms with Crippen molar-refractivity contribution in [3.63, 3.8) is 0 Å². The Morgan fingerprint density at radius 2 is 1.90 bits per heavy atom. The van der Waals surface area contributed by atoms with Crippen LogP contribution in [-0.4, -0.2) is 61.1 Å². The first-order valence-corrected chi connectivity index (χ1v) is 9.06. The highest BCUT2D eigenvalue weighted by molar-refractivity contribution is 5.92. The Morgan fingerprint density at radius 3 is 2.48 bits per heavy atom. The summed E-state index contributed by atoms with van der Waals surface area (Å²) in [5.41, 5.74) is 0.717. The fraction of sp³-hybridized carbons (Fsp3) is 0.300. The highest BCUT2D eigenvalue weighted by Crippen LogP contribution is 2.25. The maximum Gasteiger partial charge on any atom is 0.287 e. The zero-order valence-electron chi connectivity index (χ0n) is 16.3. The molecule has 0 N–H and O–H groups in total. The van der Waals surface area contributed by atoms with Crippen molar-refractivity contribution in [2.45, 2.75) is 0 Å². The van der Waals surface area contributed by atoms with Gasteiger partial charge in [0.05, 0.1) is 19.1 Å². The molecular weight excluding hydrogens is 376 g/mol. The standard InChI is InChI=1S/C20H22N4O5/c1-28-17-5-6-18(29-2)15(13-17)3-8-20(25)23-11-9-22(10-12-23)19-7-4-16(14-21-19)24(26)27/h3-8,13-14H,9-12H2,1-2H3/b8-3+. The van der Waals surface area contributed by atoms with Crippen LogP contribution in [0.1, 0.15) is 5.56 Å². The van der Waals surface area contributed by atoms with Crippen LogP contribution in [-0.2, 0) is 4.79 Å². The quantitative estimate of drug-likeness (QED) is 0.418. The molecule has 0 aliphatic carbocycles. The van der Waals surface area contributed by atoms with Crippen molar-refractivity contribution >= 4 is 23.5 Å². The Bertz CT molecular complexity index is 906. The third-order valence-corrected chi connectivity index (χ3v) is 4.70. The summed E-state index contributed by atoms with van der Waals surface area (Å²) in [5, 5.41) is 10.7. The zero-order chi connectivity index (χ0) is 20.8. The lowest BCUT2D eigenvalue weighted by Crippen LogP contribution is -2.48. The number of hydrogen-bond acceptors (Lipinski definition) is 7. The van der Waals surface area contributed by atoms with Crippen molar-refractivity contribution in [3.05, 3.63) is 58.3 Å². The first-order chi connectivity index (χ1) is 14.0. The van der Waals surface area contributed by atoms with E-state index >= 15 is 0 Å². The minimum Gasteiger partial charge on any atom is -0.497 e. The number of ether oxygens (including phenoxy) is 2. The predicted octanol–water partition coefficient (Wildman–Crippen LogP) is 2.37. The summed E-state index contributed by atoms with van der Waals surface area (Å²) in [6.45, 7) is 2.29. The summed E-state index contributed by atoms with van der Waals surface area (Å²) in [7, 11) is 3.16. The van der Waals surface area contributed by atoms with E-state index in [0.717, 1.165) is 5.56 Å². The van der Waals surface area contributed by atoms with Gasteiger partial charge in [-0.1, -0.05) is 0 Å². The monoisotopic (exact) mass is 398 g/mol. The van der Waals surface area contributed by atoms with E-state index in [9.17, 15) is 14.9 Å². The van der Waals surface area contributed by atoms with Gasteiger partial charge in [0, 0.05) is 43.9 Å². The molecule has 0 atom stereocenters. The molecule has 0 spiro atoms. The molecule has 1 aromatic heterocycles. The SMILES string of the molecule is COc1ccc(OC)c(/C=C/C(=O)N2CCN(c3ccc([N+](=O)[O-])cn3)CC2)c1. The number of methoxy groups -OCH3 is 2. The van der Waals surface area contributed by atoms with Crippen LogP contribution in [0, 0.1) is 10.1 Å². The molecule has 0 radical (unpaired) electrons. The van der Waals surface area contributed by atoms with Gasteiger partial charge in [-0.05, 0) is 30.3 Å². The van der Waals surface area contributed by atoms with Gasteiger partial charge < -0.3 is 19.3 Å². The molecule has 29 heavy (non-hydrogen) atoms. The van der Waals surface area contributed by atoms with Gasteiger partial charge in [-0.25, -0.2) is 4.98 Å². The van der Waals surface area contributed by atoms with Gasteiger partial charge in [0.25, 0.3) is 5.69 Å². The second-order valence-electron chi connectivity index (χ2n) is 6.39. The number of piperazine rings is 1. The fourth-order valence-corrected chi connectivity index (χ4v) is 3.07. The Balaban J connectivity index is 1.60. The average Bonchev–Trinajstić information content (AvgIpc) is 2.77. The molecule has 1 aliphatic rings. The Labute approximate surface area is 168 Å². The first kappa shape index (κ1) is 20.1.